The summed E-state index contributed by atoms with van der Waals surface area (Å²) in [5, 5.41) is 0. The van der Waals surface area contributed by atoms with Crippen molar-refractivity contribution >= 4 is 15.9 Å². The summed E-state index contributed by atoms with van der Waals surface area (Å²) in [6.45, 7) is 6.57. The van der Waals surface area contributed by atoms with Crippen LogP contribution in [0.5, 0.6) is 11.5 Å². The molecule has 4 nitrogen and oxygen atoms in total. The summed E-state index contributed by atoms with van der Waals surface area (Å²) in [6.07, 6.45) is 1.11. The molecule has 21 heavy (non-hydrogen) atoms. The lowest BCUT2D eigenvalue weighted by Gasteiger charge is -2.25. The molecule has 1 aromatic rings. The highest BCUT2D eigenvalue weighted by atomic mass is 79.9. The van der Waals surface area contributed by atoms with Gasteiger partial charge in [0.25, 0.3) is 0 Å². The molecule has 1 aromatic carbocycles. The van der Waals surface area contributed by atoms with Crippen LogP contribution >= 0.6 is 15.9 Å². The Morgan fingerprint density at radius 3 is 2.81 bits per heavy atom. The van der Waals surface area contributed by atoms with Crippen molar-refractivity contribution in [1.82, 2.24) is 4.90 Å². The van der Waals surface area contributed by atoms with Crippen LogP contribution < -0.4 is 15.2 Å². The summed E-state index contributed by atoms with van der Waals surface area (Å²) >= 11 is 3.73. The molecular formula is C16H23BrN2O2. The number of nitrogens with zero attached hydrogens (tertiary/aromatic N) is 1. The first kappa shape index (κ1) is 15.1. The van der Waals surface area contributed by atoms with E-state index >= 15 is 0 Å². The average Bonchev–Trinajstić information content (AvgIpc) is 3.04. The third-order valence-electron chi connectivity index (χ3n) is 4.58. The number of ether oxygens (including phenoxy) is 2. The molecule has 1 fully saturated rings. The molecule has 0 aliphatic carbocycles. The van der Waals surface area contributed by atoms with E-state index in [1.54, 1.807) is 0 Å². The van der Waals surface area contributed by atoms with Gasteiger partial charge in [-0.3, -0.25) is 4.90 Å². The van der Waals surface area contributed by atoms with Gasteiger partial charge in [-0.25, -0.2) is 0 Å². The quantitative estimate of drug-likeness (QED) is 0.904. The van der Waals surface area contributed by atoms with Gasteiger partial charge in [-0.1, -0.05) is 13.8 Å². The lowest BCUT2D eigenvalue weighted by Crippen LogP contribution is -2.21. The van der Waals surface area contributed by atoms with Gasteiger partial charge in [0.05, 0.1) is 4.47 Å². The number of likely N-dealkylation sites (tertiary alicyclic amines) is 1. The van der Waals surface area contributed by atoms with E-state index in [1.165, 1.54) is 11.1 Å². The van der Waals surface area contributed by atoms with E-state index in [9.17, 15) is 0 Å². The Morgan fingerprint density at radius 1 is 1.43 bits per heavy atom. The third-order valence-corrected chi connectivity index (χ3v) is 5.37. The van der Waals surface area contributed by atoms with Gasteiger partial charge in [0, 0.05) is 12.6 Å². The first-order valence-corrected chi connectivity index (χ1v) is 8.34. The zero-order chi connectivity index (χ0) is 15.1. The van der Waals surface area contributed by atoms with Gasteiger partial charge in [-0.05, 0) is 65.0 Å². The Kier molecular flexibility index (Phi) is 4.17. The van der Waals surface area contributed by atoms with E-state index in [0.717, 1.165) is 35.5 Å². The fourth-order valence-electron chi connectivity index (χ4n) is 3.54. The predicted molar refractivity (Wildman–Crippen MR) is 86.9 cm³/mol. The number of hydrogen-bond donors (Lipinski definition) is 1. The minimum Gasteiger partial charge on any atom is -0.454 e. The van der Waals surface area contributed by atoms with Crippen LogP contribution in [-0.2, 0) is 0 Å². The molecule has 2 N–H and O–H groups in total. The van der Waals surface area contributed by atoms with E-state index < -0.39 is 0 Å². The molecule has 1 saturated heterocycles. The molecule has 2 heterocycles. The van der Waals surface area contributed by atoms with Crippen molar-refractivity contribution in [3.63, 3.8) is 0 Å². The molecule has 5 heteroatoms. The summed E-state index contributed by atoms with van der Waals surface area (Å²) in [4.78, 5) is 2.41. The monoisotopic (exact) mass is 354 g/mol. The fraction of sp³-hybridized carbons (Fsp3) is 0.625. The van der Waals surface area contributed by atoms with Crippen LogP contribution in [0.4, 0.5) is 0 Å². The van der Waals surface area contributed by atoms with E-state index in [2.05, 4.69) is 47.8 Å². The molecule has 116 valence electrons. The van der Waals surface area contributed by atoms with E-state index in [0.29, 0.717) is 24.7 Å². The molecule has 0 radical (unpaired) electrons. The number of fused-ring (bicyclic) bond motifs is 1. The Morgan fingerprint density at radius 2 is 2.19 bits per heavy atom. The summed E-state index contributed by atoms with van der Waals surface area (Å²) in [6, 6.07) is 2.57. The average molecular weight is 355 g/mol. The molecule has 3 rings (SSSR count). The van der Waals surface area contributed by atoms with Crippen LogP contribution in [-0.4, -0.2) is 31.8 Å². The maximum Gasteiger partial charge on any atom is 0.231 e. The Balaban J connectivity index is 2.07. The van der Waals surface area contributed by atoms with E-state index in [-0.39, 0.29) is 0 Å². The second-order valence-electron chi connectivity index (χ2n) is 6.37. The standard InChI is InChI=1S/C16H23BrN2O2/c1-9(2)14-11(12-4-10(6-18)7-19(12)3)5-13-16(15(14)17)21-8-20-13/h5,9-10,12H,4,6-8,18H2,1-3H3. The van der Waals surface area contributed by atoms with Crippen LogP contribution in [0.2, 0.25) is 0 Å². The second kappa shape index (κ2) is 5.78. The van der Waals surface area contributed by atoms with Gasteiger partial charge in [-0.2, -0.15) is 0 Å². The maximum absolute atomic E-state index is 5.87. The molecule has 0 spiro atoms. The van der Waals surface area contributed by atoms with E-state index in [1.807, 2.05) is 0 Å². The van der Waals surface area contributed by atoms with Gasteiger partial charge in [-0.15, -0.1) is 0 Å². The number of benzene rings is 1. The summed E-state index contributed by atoms with van der Waals surface area (Å²) < 4.78 is 12.3. The Bertz CT molecular complexity index is 548. The number of halogens is 1. The fourth-order valence-corrected chi connectivity index (χ4v) is 4.53. The van der Waals surface area contributed by atoms with Gasteiger partial charge < -0.3 is 15.2 Å². The van der Waals surface area contributed by atoms with Crippen LogP contribution in [0.1, 0.15) is 43.4 Å². The summed E-state index contributed by atoms with van der Waals surface area (Å²) in [5.74, 6) is 2.70. The Hall–Kier alpha value is -0.780. The molecule has 0 saturated carbocycles. The predicted octanol–water partition coefficient (Wildman–Crippen LogP) is 3.25. The summed E-state index contributed by atoms with van der Waals surface area (Å²) in [5.41, 5.74) is 8.55. The third kappa shape index (κ3) is 2.56. The van der Waals surface area contributed by atoms with E-state index in [4.69, 9.17) is 15.2 Å². The first-order valence-electron chi connectivity index (χ1n) is 7.55. The van der Waals surface area contributed by atoms with Crippen molar-refractivity contribution in [3.05, 3.63) is 21.7 Å². The zero-order valence-electron chi connectivity index (χ0n) is 12.9. The topological polar surface area (TPSA) is 47.7 Å². The van der Waals surface area contributed by atoms with Crippen molar-refractivity contribution in [1.29, 1.82) is 0 Å². The molecule has 2 unspecified atom stereocenters. The van der Waals surface area contributed by atoms with Crippen molar-refractivity contribution in [2.24, 2.45) is 11.7 Å². The van der Waals surface area contributed by atoms with Gasteiger partial charge in [0.1, 0.15) is 0 Å². The lowest BCUT2D eigenvalue weighted by molar-refractivity contribution is 0.173. The van der Waals surface area contributed by atoms with Crippen LogP contribution in [0.15, 0.2) is 10.5 Å². The number of hydrogen-bond acceptors (Lipinski definition) is 4. The summed E-state index contributed by atoms with van der Waals surface area (Å²) in [7, 11) is 2.18. The molecule has 0 amide bonds. The van der Waals surface area contributed by atoms with Crippen LogP contribution in [0.25, 0.3) is 0 Å². The highest BCUT2D eigenvalue weighted by Crippen LogP contribution is 2.49. The molecular weight excluding hydrogens is 332 g/mol. The Labute approximate surface area is 134 Å². The molecule has 0 aromatic heterocycles. The smallest absolute Gasteiger partial charge is 0.231 e. The van der Waals surface area contributed by atoms with Crippen molar-refractivity contribution < 1.29 is 9.47 Å². The van der Waals surface area contributed by atoms with Crippen LogP contribution in [0, 0.1) is 5.92 Å². The SMILES string of the molecule is CC(C)c1c(C2CC(CN)CN2C)cc2c(c1Br)OCO2. The largest absolute Gasteiger partial charge is 0.454 e. The van der Waals surface area contributed by atoms with Gasteiger partial charge >= 0.3 is 0 Å². The molecule has 2 aliphatic heterocycles. The first-order chi connectivity index (χ1) is 10.0. The lowest BCUT2D eigenvalue weighted by atomic mass is 9.90. The van der Waals surface area contributed by atoms with Crippen molar-refractivity contribution in [2.75, 3.05) is 26.9 Å². The number of nitrogens with two attached hydrogens (primary N) is 1. The highest BCUT2D eigenvalue weighted by Gasteiger charge is 2.34. The zero-order valence-corrected chi connectivity index (χ0v) is 14.4. The van der Waals surface area contributed by atoms with Gasteiger partial charge in [0.15, 0.2) is 11.5 Å². The highest BCUT2D eigenvalue weighted by molar-refractivity contribution is 9.10. The molecule has 0 bridgehead atoms. The normalized spacial score (nSPS) is 25.0. The molecule has 2 atom stereocenters. The van der Waals surface area contributed by atoms with Crippen molar-refractivity contribution in [3.8, 4) is 11.5 Å². The van der Waals surface area contributed by atoms with Gasteiger partial charge in [0.2, 0.25) is 6.79 Å². The number of rotatable bonds is 3. The molecule has 2 aliphatic rings. The van der Waals surface area contributed by atoms with Crippen LogP contribution in [0.3, 0.4) is 0 Å². The minimum absolute atomic E-state index is 0.306. The van der Waals surface area contributed by atoms with Crippen molar-refractivity contribution in [2.45, 2.75) is 32.2 Å². The minimum atomic E-state index is 0.306. The second-order valence-corrected chi connectivity index (χ2v) is 7.17. The maximum atomic E-state index is 5.87.